The maximum atomic E-state index is 13.3. The number of phenols is 2. The lowest BCUT2D eigenvalue weighted by atomic mass is 9.72. The van der Waals surface area contributed by atoms with Crippen molar-refractivity contribution in [2.75, 3.05) is 0 Å². The SMILES string of the molecule is CC(=O)[C@]1(O)Cc2cc3c(c(O)c2[C@@H](O[C@H]2C[C@H](N)[C@H](O)[C@H](C)O2)C1)C(=O)c1c(O)cccc1C3=O. The van der Waals surface area contributed by atoms with Crippen molar-refractivity contribution in [3.63, 3.8) is 0 Å². The van der Waals surface area contributed by atoms with Crippen molar-refractivity contribution in [3.05, 3.63) is 57.6 Å². The van der Waals surface area contributed by atoms with Gasteiger partial charge in [-0.25, -0.2) is 0 Å². The van der Waals surface area contributed by atoms with Gasteiger partial charge in [0, 0.05) is 42.0 Å². The summed E-state index contributed by atoms with van der Waals surface area (Å²) in [6.07, 6.45) is -3.91. The molecule has 2 aliphatic carbocycles. The third kappa shape index (κ3) is 3.64. The Hall–Kier alpha value is -3.15. The van der Waals surface area contributed by atoms with E-state index >= 15 is 0 Å². The van der Waals surface area contributed by atoms with Gasteiger partial charge in [0.15, 0.2) is 17.9 Å². The fraction of sp³-hybridized carbons (Fsp3) is 0.423. The van der Waals surface area contributed by atoms with Gasteiger partial charge in [0.25, 0.3) is 0 Å². The molecule has 190 valence electrons. The molecule has 1 heterocycles. The minimum atomic E-state index is -1.85. The highest BCUT2D eigenvalue weighted by Gasteiger charge is 2.47. The zero-order valence-corrected chi connectivity index (χ0v) is 19.7. The second-order valence-corrected chi connectivity index (χ2v) is 9.83. The van der Waals surface area contributed by atoms with E-state index in [1.54, 1.807) is 6.92 Å². The highest BCUT2D eigenvalue weighted by atomic mass is 16.7. The number of fused-ring (bicyclic) bond motifs is 3. The van der Waals surface area contributed by atoms with Gasteiger partial charge in [-0.15, -0.1) is 0 Å². The molecule has 3 aliphatic rings. The lowest BCUT2D eigenvalue weighted by molar-refractivity contribution is -0.247. The van der Waals surface area contributed by atoms with Crippen molar-refractivity contribution in [3.8, 4) is 11.5 Å². The van der Waals surface area contributed by atoms with Gasteiger partial charge in [-0.1, -0.05) is 12.1 Å². The lowest BCUT2D eigenvalue weighted by Crippen LogP contribution is -2.52. The van der Waals surface area contributed by atoms with E-state index < -0.39 is 59.3 Å². The van der Waals surface area contributed by atoms with Crippen molar-refractivity contribution in [1.82, 2.24) is 0 Å². The molecule has 0 radical (unpaired) electrons. The molecule has 1 aliphatic heterocycles. The molecule has 0 unspecified atom stereocenters. The summed E-state index contributed by atoms with van der Waals surface area (Å²) in [4.78, 5) is 39.0. The van der Waals surface area contributed by atoms with Crippen LogP contribution in [0.15, 0.2) is 24.3 Å². The number of benzene rings is 2. The number of hydrogen-bond acceptors (Lipinski definition) is 10. The smallest absolute Gasteiger partial charge is 0.201 e. The van der Waals surface area contributed by atoms with Gasteiger partial charge in [0.2, 0.25) is 5.78 Å². The summed E-state index contributed by atoms with van der Waals surface area (Å²) in [5.74, 6) is -2.73. The first-order valence-corrected chi connectivity index (χ1v) is 11.7. The number of Topliss-reactive ketones (excluding diaryl/α,β-unsaturated/α-hetero) is 1. The van der Waals surface area contributed by atoms with Crippen molar-refractivity contribution in [2.45, 2.75) is 69.4 Å². The number of ketones is 3. The van der Waals surface area contributed by atoms with Crippen molar-refractivity contribution < 1.29 is 44.3 Å². The minimum absolute atomic E-state index is 0.00516. The Balaban J connectivity index is 1.63. The molecule has 1 fully saturated rings. The number of rotatable bonds is 3. The van der Waals surface area contributed by atoms with Crippen LogP contribution >= 0.6 is 0 Å². The summed E-state index contributed by atoms with van der Waals surface area (Å²) in [6, 6.07) is 4.87. The molecule has 2 aromatic carbocycles. The topological polar surface area (TPSA) is 177 Å². The minimum Gasteiger partial charge on any atom is -0.507 e. The van der Waals surface area contributed by atoms with Gasteiger partial charge in [-0.05, 0) is 31.5 Å². The summed E-state index contributed by atoms with van der Waals surface area (Å²) in [7, 11) is 0. The van der Waals surface area contributed by atoms with Crippen LogP contribution in [0.4, 0.5) is 0 Å². The van der Waals surface area contributed by atoms with Gasteiger partial charge in [-0.3, -0.25) is 14.4 Å². The molecule has 0 spiro atoms. The largest absolute Gasteiger partial charge is 0.507 e. The van der Waals surface area contributed by atoms with Crippen LogP contribution in [-0.2, 0) is 20.7 Å². The molecule has 6 N–H and O–H groups in total. The summed E-state index contributed by atoms with van der Waals surface area (Å²) in [6.45, 7) is 2.86. The van der Waals surface area contributed by atoms with Crippen LogP contribution in [0.3, 0.4) is 0 Å². The van der Waals surface area contributed by atoms with Crippen LogP contribution in [0.5, 0.6) is 11.5 Å². The Labute approximate surface area is 206 Å². The van der Waals surface area contributed by atoms with Crippen LogP contribution < -0.4 is 5.73 Å². The van der Waals surface area contributed by atoms with E-state index in [0.717, 1.165) is 0 Å². The van der Waals surface area contributed by atoms with Gasteiger partial charge >= 0.3 is 0 Å². The van der Waals surface area contributed by atoms with Gasteiger partial charge in [-0.2, -0.15) is 0 Å². The average Bonchev–Trinajstić information content (AvgIpc) is 2.80. The first-order valence-electron chi connectivity index (χ1n) is 11.7. The maximum absolute atomic E-state index is 13.3. The fourth-order valence-corrected chi connectivity index (χ4v) is 5.43. The third-order valence-electron chi connectivity index (χ3n) is 7.46. The van der Waals surface area contributed by atoms with E-state index in [1.165, 1.54) is 31.2 Å². The molecule has 0 bridgehead atoms. The lowest BCUT2D eigenvalue weighted by Gasteiger charge is -2.42. The van der Waals surface area contributed by atoms with Gasteiger partial charge in [0.05, 0.1) is 29.4 Å². The summed E-state index contributed by atoms with van der Waals surface area (Å²) >= 11 is 0. The molecule has 0 aromatic heterocycles. The molecule has 2 aromatic rings. The van der Waals surface area contributed by atoms with Crippen LogP contribution in [0.1, 0.15) is 75.8 Å². The number of carbonyl (C=O) groups excluding carboxylic acids is 3. The molecule has 36 heavy (non-hydrogen) atoms. The van der Waals surface area contributed by atoms with E-state index in [9.17, 15) is 34.8 Å². The van der Waals surface area contributed by atoms with Crippen molar-refractivity contribution in [2.24, 2.45) is 5.73 Å². The predicted octanol–water partition coefficient (Wildman–Crippen LogP) is 1.02. The first-order chi connectivity index (χ1) is 16.9. The quantitative estimate of drug-likeness (QED) is 0.351. The second-order valence-electron chi connectivity index (χ2n) is 9.83. The number of aliphatic hydroxyl groups excluding tert-OH is 1. The summed E-state index contributed by atoms with van der Waals surface area (Å²) < 4.78 is 11.8. The number of nitrogens with two attached hydrogens (primary N) is 1. The summed E-state index contributed by atoms with van der Waals surface area (Å²) in [5, 5.41) is 42.8. The van der Waals surface area contributed by atoms with E-state index in [0.29, 0.717) is 0 Å². The Kier molecular flexibility index (Phi) is 5.77. The molecule has 5 rings (SSSR count). The molecule has 10 nitrogen and oxygen atoms in total. The zero-order valence-electron chi connectivity index (χ0n) is 19.7. The normalized spacial score (nSPS) is 31.4. The Morgan fingerprint density at radius 1 is 1.17 bits per heavy atom. The van der Waals surface area contributed by atoms with E-state index in [4.69, 9.17) is 15.2 Å². The summed E-state index contributed by atoms with van der Waals surface area (Å²) in [5.41, 5.74) is 4.00. The fourth-order valence-electron chi connectivity index (χ4n) is 5.43. The number of phenolic OH excluding ortho intramolecular Hbond substituents is 2. The molecule has 10 heteroatoms. The maximum Gasteiger partial charge on any atom is 0.201 e. The zero-order chi connectivity index (χ0) is 26.1. The third-order valence-corrected chi connectivity index (χ3v) is 7.46. The molecule has 6 atom stereocenters. The number of aromatic hydroxyl groups is 2. The average molecular weight is 498 g/mol. The molecular weight excluding hydrogens is 470 g/mol. The van der Waals surface area contributed by atoms with Crippen LogP contribution in [0.25, 0.3) is 0 Å². The first kappa shape index (κ1) is 24.5. The van der Waals surface area contributed by atoms with Crippen LogP contribution in [0, 0.1) is 0 Å². The Bertz CT molecular complexity index is 1290. The number of hydrogen-bond donors (Lipinski definition) is 5. The Morgan fingerprint density at radius 2 is 1.89 bits per heavy atom. The molecule has 1 saturated heterocycles. The molecule has 0 amide bonds. The van der Waals surface area contributed by atoms with Crippen molar-refractivity contribution >= 4 is 17.3 Å². The van der Waals surface area contributed by atoms with Crippen LogP contribution in [0.2, 0.25) is 0 Å². The van der Waals surface area contributed by atoms with E-state index in [-0.39, 0.29) is 58.4 Å². The highest BCUT2D eigenvalue weighted by Crippen LogP contribution is 2.48. The van der Waals surface area contributed by atoms with E-state index in [2.05, 4.69) is 0 Å². The molecule has 0 saturated carbocycles. The van der Waals surface area contributed by atoms with Gasteiger partial charge in [0.1, 0.15) is 17.1 Å². The number of aliphatic hydroxyl groups is 2. The standard InChI is InChI=1S/C26H27NO9/c1-10-22(30)15(27)7-18(35-10)36-17-9-26(34,11(2)28)8-12-6-14-21(24(32)19(12)17)25(33)20-13(23(14)31)4-3-5-16(20)29/h3-6,10,15,17-18,22,29-30,32,34H,7-9,27H2,1-2H3/t10-,15-,17-,18-,22+,26-/m0/s1. The van der Waals surface area contributed by atoms with Gasteiger partial charge < -0.3 is 35.6 Å². The number of carbonyl (C=O) groups is 3. The van der Waals surface area contributed by atoms with E-state index in [1.807, 2.05) is 0 Å². The molecular formula is C26H27NO9. The second kappa shape index (κ2) is 8.46. The highest BCUT2D eigenvalue weighted by molar-refractivity contribution is 6.30. The Morgan fingerprint density at radius 3 is 2.56 bits per heavy atom. The predicted molar refractivity (Wildman–Crippen MR) is 124 cm³/mol. The van der Waals surface area contributed by atoms with Crippen molar-refractivity contribution in [1.29, 1.82) is 0 Å². The van der Waals surface area contributed by atoms with Crippen LogP contribution in [-0.4, -0.2) is 67.9 Å². The monoisotopic (exact) mass is 497 g/mol. The number of ether oxygens (including phenoxy) is 2.